The molecule has 138 valence electrons. The van der Waals surface area contributed by atoms with Gasteiger partial charge in [0.2, 0.25) is 11.8 Å². The molecule has 3 aromatic rings. The number of carbonyl (C=O) groups is 2. The monoisotopic (exact) mass is 373 g/mol. The molecule has 3 rings (SSSR count). The average Bonchev–Trinajstić information content (AvgIpc) is 2.70. The molecule has 0 aliphatic heterocycles. The summed E-state index contributed by atoms with van der Waals surface area (Å²) in [6.07, 6.45) is 0. The van der Waals surface area contributed by atoms with Crippen molar-refractivity contribution in [1.29, 1.82) is 5.26 Å². The van der Waals surface area contributed by atoms with Crippen molar-refractivity contribution in [3.05, 3.63) is 82.1 Å². The lowest BCUT2D eigenvalue weighted by Gasteiger charge is -2.09. The van der Waals surface area contributed by atoms with Gasteiger partial charge in [-0.05, 0) is 36.4 Å². The number of amides is 2. The first-order chi connectivity index (χ1) is 13.5. The maximum atomic E-state index is 12.3. The van der Waals surface area contributed by atoms with Gasteiger partial charge in [-0.25, -0.2) is 4.68 Å². The second-order valence-electron chi connectivity index (χ2n) is 5.90. The van der Waals surface area contributed by atoms with Crippen molar-refractivity contribution >= 4 is 17.5 Å². The van der Waals surface area contributed by atoms with Crippen molar-refractivity contribution < 1.29 is 9.59 Å². The van der Waals surface area contributed by atoms with E-state index in [0.717, 1.165) is 4.68 Å². The van der Waals surface area contributed by atoms with Crippen LogP contribution in [0.15, 0.2) is 65.5 Å². The van der Waals surface area contributed by atoms with Gasteiger partial charge in [0.25, 0.3) is 5.56 Å². The Hall–Kier alpha value is -4.25. The average molecular weight is 373 g/mol. The van der Waals surface area contributed by atoms with Crippen LogP contribution in [0.2, 0.25) is 0 Å². The summed E-state index contributed by atoms with van der Waals surface area (Å²) in [4.78, 5) is 35.5. The van der Waals surface area contributed by atoms with Gasteiger partial charge >= 0.3 is 0 Å². The number of nitriles is 1. The molecule has 0 aliphatic rings. The van der Waals surface area contributed by atoms with Gasteiger partial charge in [-0.15, -0.1) is 0 Å². The summed E-state index contributed by atoms with van der Waals surface area (Å²) in [7, 11) is 0. The van der Waals surface area contributed by atoms with Gasteiger partial charge in [-0.3, -0.25) is 14.4 Å². The van der Waals surface area contributed by atoms with E-state index in [2.05, 4.69) is 10.4 Å². The Bertz CT molecular complexity index is 1140. The van der Waals surface area contributed by atoms with Gasteiger partial charge in [-0.2, -0.15) is 10.4 Å². The van der Waals surface area contributed by atoms with Crippen LogP contribution in [0.4, 0.5) is 5.69 Å². The summed E-state index contributed by atoms with van der Waals surface area (Å²) in [6.45, 7) is -0.289. The number of hydrogen-bond acceptors (Lipinski definition) is 5. The number of nitrogens with zero attached hydrogens (tertiary/aromatic N) is 3. The Morgan fingerprint density at radius 1 is 1.11 bits per heavy atom. The number of hydrogen-bond donors (Lipinski definition) is 2. The summed E-state index contributed by atoms with van der Waals surface area (Å²) in [5, 5.41) is 15.7. The number of nitrogens with one attached hydrogen (secondary N) is 1. The first-order valence-electron chi connectivity index (χ1n) is 8.25. The van der Waals surface area contributed by atoms with Crippen LogP contribution in [-0.4, -0.2) is 21.6 Å². The molecule has 0 atom stereocenters. The van der Waals surface area contributed by atoms with Crippen LogP contribution < -0.4 is 16.6 Å². The van der Waals surface area contributed by atoms with Crippen LogP contribution >= 0.6 is 0 Å². The fourth-order valence-electron chi connectivity index (χ4n) is 2.52. The molecule has 1 heterocycles. The lowest BCUT2D eigenvalue weighted by Crippen LogP contribution is -2.29. The highest BCUT2D eigenvalue weighted by molar-refractivity contribution is 5.93. The SMILES string of the molecule is N#Cc1cccc(NC(=O)Cn2nc(-c3ccc(C(N)=O)cc3)ccc2=O)c1. The molecule has 0 aliphatic carbocycles. The van der Waals surface area contributed by atoms with Gasteiger partial charge in [0.05, 0.1) is 17.3 Å². The Morgan fingerprint density at radius 3 is 2.54 bits per heavy atom. The molecule has 0 spiro atoms. The molecule has 0 saturated heterocycles. The third kappa shape index (κ3) is 4.28. The molecule has 0 radical (unpaired) electrons. The van der Waals surface area contributed by atoms with E-state index in [1.807, 2.05) is 6.07 Å². The zero-order valence-corrected chi connectivity index (χ0v) is 14.6. The van der Waals surface area contributed by atoms with E-state index in [1.165, 1.54) is 18.2 Å². The largest absolute Gasteiger partial charge is 0.366 e. The topological polar surface area (TPSA) is 131 Å². The molecule has 2 amide bonds. The second kappa shape index (κ2) is 7.97. The number of benzene rings is 2. The molecule has 0 unspecified atom stereocenters. The fourth-order valence-corrected chi connectivity index (χ4v) is 2.52. The highest BCUT2D eigenvalue weighted by atomic mass is 16.2. The fraction of sp³-hybridized carbons (Fsp3) is 0.0500. The van der Waals surface area contributed by atoms with Crippen molar-refractivity contribution in [3.63, 3.8) is 0 Å². The van der Waals surface area contributed by atoms with E-state index >= 15 is 0 Å². The third-order valence-electron chi connectivity index (χ3n) is 3.90. The van der Waals surface area contributed by atoms with Gasteiger partial charge in [0.15, 0.2) is 0 Å². The standard InChI is InChI=1S/C20H15N5O3/c21-11-13-2-1-3-16(10-13)23-18(26)12-25-19(27)9-8-17(24-25)14-4-6-15(7-5-14)20(22)28/h1-10H,12H2,(H2,22,28)(H,23,26). The minimum Gasteiger partial charge on any atom is -0.366 e. The van der Waals surface area contributed by atoms with Crippen molar-refractivity contribution in [2.45, 2.75) is 6.54 Å². The van der Waals surface area contributed by atoms with E-state index in [-0.39, 0.29) is 6.54 Å². The van der Waals surface area contributed by atoms with Crippen LogP contribution in [0, 0.1) is 11.3 Å². The number of carbonyl (C=O) groups excluding carboxylic acids is 2. The quantitative estimate of drug-likeness (QED) is 0.700. The van der Waals surface area contributed by atoms with Crippen molar-refractivity contribution in [1.82, 2.24) is 9.78 Å². The van der Waals surface area contributed by atoms with Gasteiger partial charge in [0.1, 0.15) is 6.54 Å². The van der Waals surface area contributed by atoms with Crippen LogP contribution in [0.25, 0.3) is 11.3 Å². The molecular weight excluding hydrogens is 358 g/mol. The molecule has 8 heteroatoms. The highest BCUT2D eigenvalue weighted by Gasteiger charge is 2.09. The summed E-state index contributed by atoms with van der Waals surface area (Å²) < 4.78 is 1.04. The van der Waals surface area contributed by atoms with Crippen molar-refractivity contribution in [2.75, 3.05) is 5.32 Å². The third-order valence-corrected chi connectivity index (χ3v) is 3.90. The maximum Gasteiger partial charge on any atom is 0.267 e. The normalized spacial score (nSPS) is 10.1. The number of aromatic nitrogens is 2. The lowest BCUT2D eigenvalue weighted by atomic mass is 10.1. The van der Waals surface area contributed by atoms with Gasteiger partial charge in [-0.1, -0.05) is 18.2 Å². The van der Waals surface area contributed by atoms with Crippen molar-refractivity contribution in [3.8, 4) is 17.3 Å². The minimum absolute atomic E-state index is 0.289. The predicted molar refractivity (Wildman–Crippen MR) is 102 cm³/mol. The second-order valence-corrected chi connectivity index (χ2v) is 5.90. The van der Waals surface area contributed by atoms with Crippen LogP contribution in [0.3, 0.4) is 0 Å². The summed E-state index contributed by atoms with van der Waals surface area (Å²) in [6, 6.07) is 17.7. The first-order valence-corrected chi connectivity index (χ1v) is 8.25. The first kappa shape index (κ1) is 18.5. The molecule has 0 fully saturated rings. The van der Waals surface area contributed by atoms with Gasteiger partial charge < -0.3 is 11.1 Å². The number of rotatable bonds is 5. The summed E-state index contributed by atoms with van der Waals surface area (Å²) in [5.41, 5.74) is 7.15. The van der Waals surface area contributed by atoms with Gasteiger partial charge in [0, 0.05) is 22.9 Å². The van der Waals surface area contributed by atoms with E-state index < -0.39 is 17.4 Å². The number of primary amides is 1. The summed E-state index contributed by atoms with van der Waals surface area (Å²) >= 11 is 0. The van der Waals surface area contributed by atoms with E-state index in [4.69, 9.17) is 11.0 Å². The summed E-state index contributed by atoms with van der Waals surface area (Å²) in [5.74, 6) is -0.993. The Kier molecular flexibility index (Phi) is 5.28. The Labute approximate surface area is 159 Å². The molecule has 1 aromatic heterocycles. The minimum atomic E-state index is -0.540. The van der Waals surface area contributed by atoms with E-state index in [1.54, 1.807) is 42.5 Å². The molecule has 2 aromatic carbocycles. The van der Waals surface area contributed by atoms with Crippen LogP contribution in [-0.2, 0) is 11.3 Å². The zero-order valence-electron chi connectivity index (χ0n) is 14.6. The molecular formula is C20H15N5O3. The number of nitrogens with two attached hydrogens (primary N) is 1. The molecule has 28 heavy (non-hydrogen) atoms. The van der Waals surface area contributed by atoms with E-state index in [9.17, 15) is 14.4 Å². The maximum absolute atomic E-state index is 12.3. The smallest absolute Gasteiger partial charge is 0.267 e. The zero-order chi connectivity index (χ0) is 20.1. The molecule has 8 nitrogen and oxygen atoms in total. The Balaban J connectivity index is 1.79. The molecule has 0 saturated carbocycles. The van der Waals surface area contributed by atoms with Crippen LogP contribution in [0.5, 0.6) is 0 Å². The molecule has 3 N–H and O–H groups in total. The van der Waals surface area contributed by atoms with Crippen LogP contribution in [0.1, 0.15) is 15.9 Å². The highest BCUT2D eigenvalue weighted by Crippen LogP contribution is 2.16. The predicted octanol–water partition coefficient (Wildman–Crippen LogP) is 1.52. The number of anilines is 1. The Morgan fingerprint density at radius 2 is 1.86 bits per heavy atom. The molecule has 0 bridgehead atoms. The van der Waals surface area contributed by atoms with E-state index in [0.29, 0.717) is 28.1 Å². The van der Waals surface area contributed by atoms with Crippen molar-refractivity contribution in [2.24, 2.45) is 5.73 Å². The lowest BCUT2D eigenvalue weighted by molar-refractivity contribution is -0.117.